The Balaban J connectivity index is 0.00000168. The molecule has 224 valence electrons. The Labute approximate surface area is 259 Å². The summed E-state index contributed by atoms with van der Waals surface area (Å²) in [4.78, 5) is 24.4. The van der Waals surface area contributed by atoms with Crippen molar-refractivity contribution < 1.29 is 0 Å². The number of nitrogens with one attached hydrogen (secondary N) is 3. The molecule has 0 unspecified atom stereocenters. The van der Waals surface area contributed by atoms with Crippen molar-refractivity contribution in [1.82, 2.24) is 29.8 Å². The van der Waals surface area contributed by atoms with Gasteiger partial charge >= 0.3 is 0 Å². The summed E-state index contributed by atoms with van der Waals surface area (Å²) in [6.45, 7) is 10.3. The number of hydrogen-bond donors (Lipinski definition) is 3. The first-order valence-corrected chi connectivity index (χ1v) is 15.5. The van der Waals surface area contributed by atoms with Gasteiger partial charge in [-0.15, -0.1) is 0 Å². The summed E-state index contributed by atoms with van der Waals surface area (Å²) in [5.74, 6) is 1.33. The molecule has 8 nitrogen and oxygen atoms in total. The van der Waals surface area contributed by atoms with Gasteiger partial charge in [0, 0.05) is 40.0 Å². The van der Waals surface area contributed by atoms with Gasteiger partial charge in [-0.1, -0.05) is 19.9 Å². The third-order valence-electron chi connectivity index (χ3n) is 8.10. The minimum atomic E-state index is 0.594. The first-order valence-electron chi connectivity index (χ1n) is 15.5. The number of rotatable bonds is 6. The number of nitrogens with zero attached hydrogens (tertiary/aromatic N) is 5. The van der Waals surface area contributed by atoms with Crippen LogP contribution in [0.5, 0.6) is 0 Å². The molecule has 0 spiro atoms. The Morgan fingerprint density at radius 3 is 2.30 bits per heavy atom. The molecule has 1 aliphatic heterocycles. The first kappa shape index (κ1) is 29.3. The number of benzene rings is 2. The molecule has 7 rings (SSSR count). The lowest BCUT2D eigenvalue weighted by molar-refractivity contribution is 0.255. The van der Waals surface area contributed by atoms with Crippen LogP contribution in [0.4, 0.5) is 22.7 Å². The second kappa shape index (κ2) is 12.8. The highest BCUT2D eigenvalue weighted by Crippen LogP contribution is 2.33. The van der Waals surface area contributed by atoms with Crippen molar-refractivity contribution in [2.24, 2.45) is 0 Å². The molecule has 0 radical (unpaired) electrons. The molecule has 5 heterocycles. The van der Waals surface area contributed by atoms with Crippen LogP contribution >= 0.6 is 0 Å². The van der Waals surface area contributed by atoms with E-state index in [1.165, 1.54) is 18.4 Å². The topological polar surface area (TPSA) is 94.6 Å². The van der Waals surface area contributed by atoms with E-state index in [1.54, 1.807) is 6.20 Å². The van der Waals surface area contributed by atoms with Crippen LogP contribution in [0.2, 0.25) is 0 Å². The number of anilines is 4. The molecule has 1 aliphatic rings. The summed E-state index contributed by atoms with van der Waals surface area (Å²) >= 11 is 0. The number of aromatic nitrogens is 5. The lowest BCUT2D eigenvalue weighted by Gasteiger charge is -2.29. The van der Waals surface area contributed by atoms with Crippen LogP contribution in [0.1, 0.15) is 49.6 Å². The van der Waals surface area contributed by atoms with E-state index in [1.807, 2.05) is 64.2 Å². The molecule has 6 aromatic rings. The molecule has 1 fully saturated rings. The van der Waals surface area contributed by atoms with Crippen molar-refractivity contribution in [2.75, 3.05) is 30.8 Å². The highest BCUT2D eigenvalue weighted by molar-refractivity contribution is 5.94. The Kier molecular flexibility index (Phi) is 8.52. The van der Waals surface area contributed by atoms with E-state index in [2.05, 4.69) is 68.9 Å². The van der Waals surface area contributed by atoms with E-state index in [4.69, 9.17) is 15.0 Å². The quantitative estimate of drug-likeness (QED) is 0.181. The Bertz CT molecular complexity index is 1890. The minimum Gasteiger partial charge on any atom is -0.355 e. The van der Waals surface area contributed by atoms with Gasteiger partial charge < -0.3 is 20.5 Å². The van der Waals surface area contributed by atoms with Crippen molar-refractivity contribution >= 4 is 44.7 Å². The summed E-state index contributed by atoms with van der Waals surface area (Å²) in [6.07, 6.45) is 6.06. The van der Waals surface area contributed by atoms with Gasteiger partial charge in [0.25, 0.3) is 0 Å². The fourth-order valence-corrected chi connectivity index (χ4v) is 5.84. The lowest BCUT2D eigenvalue weighted by Crippen LogP contribution is -2.29. The average molecular weight is 585 g/mol. The number of fused-ring (bicyclic) bond motifs is 2. The third kappa shape index (κ3) is 6.40. The fourth-order valence-electron chi connectivity index (χ4n) is 5.84. The second-order valence-electron chi connectivity index (χ2n) is 11.4. The molecule has 4 aromatic heterocycles. The molecule has 0 amide bonds. The summed E-state index contributed by atoms with van der Waals surface area (Å²) in [5, 5.41) is 8.19. The predicted octanol–water partition coefficient (Wildman–Crippen LogP) is 8.51. The van der Waals surface area contributed by atoms with Crippen LogP contribution in [0, 0.1) is 13.8 Å². The molecule has 44 heavy (non-hydrogen) atoms. The zero-order valence-corrected chi connectivity index (χ0v) is 26.1. The fraction of sp³-hybridized carbons (Fsp3) is 0.278. The normalized spacial score (nSPS) is 13.9. The monoisotopic (exact) mass is 584 g/mol. The van der Waals surface area contributed by atoms with E-state index in [0.717, 1.165) is 80.7 Å². The van der Waals surface area contributed by atoms with Crippen molar-refractivity contribution in [1.29, 1.82) is 0 Å². The maximum Gasteiger partial charge on any atom is 0.157 e. The Morgan fingerprint density at radius 1 is 0.750 bits per heavy atom. The molecule has 0 bridgehead atoms. The van der Waals surface area contributed by atoms with Gasteiger partial charge in [0.1, 0.15) is 5.69 Å². The second-order valence-corrected chi connectivity index (χ2v) is 11.4. The van der Waals surface area contributed by atoms with Crippen LogP contribution in [0.3, 0.4) is 0 Å². The summed E-state index contributed by atoms with van der Waals surface area (Å²) in [6, 6.07) is 23.0. The maximum atomic E-state index is 4.80. The predicted molar refractivity (Wildman–Crippen MR) is 182 cm³/mol. The van der Waals surface area contributed by atoms with Gasteiger partial charge in [0.2, 0.25) is 0 Å². The highest BCUT2D eigenvalue weighted by Gasteiger charge is 2.19. The van der Waals surface area contributed by atoms with Crippen LogP contribution in [0.25, 0.3) is 33.5 Å². The molecular weight excluding hydrogens is 544 g/mol. The molecular formula is C36H40N8. The number of aryl methyl sites for hydroxylation is 2. The number of imidazole rings is 1. The third-order valence-corrected chi connectivity index (χ3v) is 8.10. The van der Waals surface area contributed by atoms with Crippen molar-refractivity contribution in [2.45, 2.75) is 46.5 Å². The number of H-pyrrole nitrogens is 1. The molecule has 0 saturated carbocycles. The number of aromatic amines is 1. The highest BCUT2D eigenvalue weighted by atomic mass is 15.1. The van der Waals surface area contributed by atoms with Crippen LogP contribution in [-0.2, 0) is 0 Å². The molecule has 1 saturated heterocycles. The average Bonchev–Trinajstić information content (AvgIpc) is 3.46. The van der Waals surface area contributed by atoms with Gasteiger partial charge in [0.15, 0.2) is 5.82 Å². The van der Waals surface area contributed by atoms with E-state index < -0.39 is 0 Å². The van der Waals surface area contributed by atoms with Crippen molar-refractivity contribution in [3.63, 3.8) is 0 Å². The number of piperidine rings is 1. The minimum absolute atomic E-state index is 0.594. The van der Waals surface area contributed by atoms with E-state index in [-0.39, 0.29) is 0 Å². The van der Waals surface area contributed by atoms with Crippen molar-refractivity contribution in [3.8, 4) is 11.5 Å². The summed E-state index contributed by atoms with van der Waals surface area (Å²) in [5.41, 5.74) is 10.9. The van der Waals surface area contributed by atoms with E-state index in [9.17, 15) is 0 Å². The standard InChI is InChI=1S/C34H34N8.C2H6/c1-21-16-26(10-13-35-21)38-25-5-8-30-33(19-25)41-34(40-30)31-9-6-27(20-36-31)39-32-17-22(2)37-29-7-4-24(18-28(29)32)23-11-14-42(3)15-12-23;1-2/h4-10,13,16-20,23H,11-12,14-15H2,1-3H3,(H,35,38)(H,37,39)(H,40,41);1-2H3. The largest absolute Gasteiger partial charge is 0.355 e. The van der Waals surface area contributed by atoms with Crippen LogP contribution in [0.15, 0.2) is 79.1 Å². The first-order chi connectivity index (χ1) is 21.5. The smallest absolute Gasteiger partial charge is 0.157 e. The Morgan fingerprint density at radius 2 is 1.52 bits per heavy atom. The number of hydrogen-bond acceptors (Lipinski definition) is 7. The van der Waals surface area contributed by atoms with E-state index in [0.29, 0.717) is 5.92 Å². The number of pyridine rings is 3. The van der Waals surface area contributed by atoms with E-state index >= 15 is 0 Å². The maximum absolute atomic E-state index is 4.80. The summed E-state index contributed by atoms with van der Waals surface area (Å²) in [7, 11) is 2.21. The van der Waals surface area contributed by atoms with Crippen LogP contribution in [-0.4, -0.2) is 50.0 Å². The van der Waals surface area contributed by atoms with Gasteiger partial charge in [0.05, 0.1) is 28.4 Å². The molecule has 3 N–H and O–H groups in total. The SMILES string of the molecule is CC.Cc1cc(Nc2ccc3nc(-c4ccc(Nc5cc(C)nc6ccc(C7CCN(C)CC7)cc56)cn4)[nH]c3c2)ccn1. The van der Waals surface area contributed by atoms with Gasteiger partial charge in [-0.3, -0.25) is 15.0 Å². The zero-order chi connectivity index (χ0) is 30.6. The number of likely N-dealkylation sites (tertiary alicyclic amines) is 1. The zero-order valence-electron chi connectivity index (χ0n) is 26.1. The lowest BCUT2D eigenvalue weighted by atomic mass is 9.88. The summed E-state index contributed by atoms with van der Waals surface area (Å²) < 4.78 is 0. The molecule has 2 aromatic carbocycles. The molecule has 8 heteroatoms. The van der Waals surface area contributed by atoms with Gasteiger partial charge in [-0.05, 0) is 119 Å². The van der Waals surface area contributed by atoms with Gasteiger partial charge in [-0.2, -0.15) is 0 Å². The van der Waals surface area contributed by atoms with Crippen LogP contribution < -0.4 is 10.6 Å². The molecule has 0 atom stereocenters. The van der Waals surface area contributed by atoms with Gasteiger partial charge in [-0.25, -0.2) is 4.98 Å². The Hall–Kier alpha value is -4.82. The molecule has 0 aliphatic carbocycles. The van der Waals surface area contributed by atoms with Crippen molar-refractivity contribution in [3.05, 3.63) is 96.1 Å².